The fraction of sp³-hybridized carbons (Fsp3) is 0.118. The highest BCUT2D eigenvalue weighted by molar-refractivity contribution is 6.03. The number of aromatic nitrogens is 2. The number of fused-ring (bicyclic) bond motifs is 1. The van der Waals surface area contributed by atoms with E-state index in [2.05, 4.69) is 15.1 Å². The molecule has 2 aromatic carbocycles. The zero-order valence-electron chi connectivity index (χ0n) is 13.7. The minimum absolute atomic E-state index is 0.102. The molecule has 0 fully saturated rings. The number of hydrogen-bond acceptors (Lipinski definition) is 7. The van der Waals surface area contributed by atoms with Crippen molar-refractivity contribution in [2.75, 3.05) is 0 Å². The number of nitro benzene ring substituents is 1. The van der Waals surface area contributed by atoms with E-state index in [0.29, 0.717) is 11.1 Å². The van der Waals surface area contributed by atoms with Crippen LogP contribution in [0.25, 0.3) is 11.0 Å². The van der Waals surface area contributed by atoms with Crippen LogP contribution in [0.4, 0.5) is 5.69 Å². The Bertz CT molecular complexity index is 1070. The van der Waals surface area contributed by atoms with Gasteiger partial charge in [-0.3, -0.25) is 14.9 Å². The number of benzene rings is 2. The van der Waals surface area contributed by atoms with Gasteiger partial charge in [0.2, 0.25) is 0 Å². The summed E-state index contributed by atoms with van der Waals surface area (Å²) in [7, 11) is 0. The van der Waals surface area contributed by atoms with E-state index in [1.54, 1.807) is 12.1 Å². The van der Waals surface area contributed by atoms with Gasteiger partial charge in [-0.05, 0) is 18.6 Å². The van der Waals surface area contributed by atoms with Gasteiger partial charge < -0.3 is 15.9 Å². The Morgan fingerprint density at radius 1 is 1.31 bits per heavy atom. The molecule has 1 heterocycles. The van der Waals surface area contributed by atoms with Crippen molar-refractivity contribution < 1.29 is 10.0 Å². The van der Waals surface area contributed by atoms with Crippen molar-refractivity contribution in [2.45, 2.75) is 13.0 Å². The van der Waals surface area contributed by atoms with E-state index >= 15 is 0 Å². The Kier molecular flexibility index (Phi) is 4.46. The topological polar surface area (TPSA) is 148 Å². The van der Waals surface area contributed by atoms with Crippen molar-refractivity contribution in [3.8, 4) is 0 Å². The molecule has 0 radical (unpaired) electrons. The Morgan fingerprint density at radius 3 is 2.62 bits per heavy atom. The quantitative estimate of drug-likeness (QED) is 0.280. The summed E-state index contributed by atoms with van der Waals surface area (Å²) >= 11 is 0. The average Bonchev–Trinajstić information content (AvgIpc) is 2.62. The molecule has 1 atom stereocenters. The van der Waals surface area contributed by atoms with Crippen LogP contribution in [0.5, 0.6) is 0 Å². The highest BCUT2D eigenvalue weighted by Gasteiger charge is 2.22. The normalized spacial score (nSPS) is 12.9. The number of H-pyrrole nitrogens is 1. The molecular weight excluding hydrogens is 338 g/mol. The van der Waals surface area contributed by atoms with Gasteiger partial charge in [0.25, 0.3) is 11.2 Å². The number of aryl methyl sites for hydroxylation is 1. The fourth-order valence-electron chi connectivity index (χ4n) is 2.53. The molecule has 0 saturated heterocycles. The Balaban J connectivity index is 2.08. The van der Waals surface area contributed by atoms with Gasteiger partial charge in [-0.2, -0.15) is 5.10 Å². The molecule has 1 aromatic heterocycles. The molecule has 0 amide bonds. The van der Waals surface area contributed by atoms with Gasteiger partial charge >= 0.3 is 0 Å². The SMILES string of the molecule is Cc1ccc(C(O)/C(=N/N)c2nc3ccc([N+](=O)[O-])cc3[nH]c2=O)cc1. The van der Waals surface area contributed by atoms with Crippen LogP contribution in [0.15, 0.2) is 52.4 Å². The second kappa shape index (κ2) is 6.73. The number of aliphatic hydroxyl groups excluding tert-OH is 1. The lowest BCUT2D eigenvalue weighted by atomic mass is 10.0. The minimum atomic E-state index is -1.25. The highest BCUT2D eigenvalue weighted by atomic mass is 16.6. The van der Waals surface area contributed by atoms with Crippen LogP contribution in [0.1, 0.15) is 22.9 Å². The van der Waals surface area contributed by atoms with Crippen molar-refractivity contribution in [1.29, 1.82) is 0 Å². The van der Waals surface area contributed by atoms with Crippen LogP contribution in [0.3, 0.4) is 0 Å². The summed E-state index contributed by atoms with van der Waals surface area (Å²) in [4.78, 5) is 29.3. The highest BCUT2D eigenvalue weighted by Crippen LogP contribution is 2.20. The first-order valence-electron chi connectivity index (χ1n) is 7.62. The van der Waals surface area contributed by atoms with Gasteiger partial charge in [0.15, 0.2) is 5.69 Å². The number of aromatic amines is 1. The Labute approximate surface area is 147 Å². The van der Waals surface area contributed by atoms with Crippen molar-refractivity contribution in [3.05, 3.63) is 79.8 Å². The number of hydrazone groups is 1. The molecule has 0 aliphatic carbocycles. The zero-order chi connectivity index (χ0) is 18.8. The maximum Gasteiger partial charge on any atom is 0.276 e. The molecule has 3 aromatic rings. The Morgan fingerprint density at radius 2 is 2.00 bits per heavy atom. The average molecular weight is 353 g/mol. The van der Waals surface area contributed by atoms with Crippen molar-refractivity contribution in [3.63, 3.8) is 0 Å². The van der Waals surface area contributed by atoms with Gasteiger partial charge in [-0.15, -0.1) is 0 Å². The van der Waals surface area contributed by atoms with E-state index in [1.807, 2.05) is 19.1 Å². The van der Waals surface area contributed by atoms with Crippen LogP contribution in [0.2, 0.25) is 0 Å². The molecule has 1 unspecified atom stereocenters. The molecule has 3 rings (SSSR count). The van der Waals surface area contributed by atoms with E-state index in [-0.39, 0.29) is 22.6 Å². The molecule has 0 aliphatic heterocycles. The number of aliphatic hydroxyl groups is 1. The van der Waals surface area contributed by atoms with E-state index in [4.69, 9.17) is 5.84 Å². The molecule has 0 aliphatic rings. The fourth-order valence-corrected chi connectivity index (χ4v) is 2.53. The number of hydrogen-bond donors (Lipinski definition) is 3. The molecule has 0 bridgehead atoms. The van der Waals surface area contributed by atoms with E-state index in [9.17, 15) is 20.0 Å². The van der Waals surface area contributed by atoms with Gasteiger partial charge in [-0.1, -0.05) is 29.8 Å². The molecule has 0 saturated carbocycles. The van der Waals surface area contributed by atoms with Crippen LogP contribution in [-0.2, 0) is 0 Å². The van der Waals surface area contributed by atoms with Crippen LogP contribution >= 0.6 is 0 Å². The maximum absolute atomic E-state index is 12.4. The third kappa shape index (κ3) is 3.15. The summed E-state index contributed by atoms with van der Waals surface area (Å²) in [5.74, 6) is 5.40. The zero-order valence-corrected chi connectivity index (χ0v) is 13.7. The first-order valence-corrected chi connectivity index (χ1v) is 7.62. The van der Waals surface area contributed by atoms with Crippen molar-refractivity contribution in [1.82, 2.24) is 9.97 Å². The molecule has 0 spiro atoms. The molecule has 26 heavy (non-hydrogen) atoms. The van der Waals surface area contributed by atoms with Crippen molar-refractivity contribution >= 4 is 22.4 Å². The molecule has 9 nitrogen and oxygen atoms in total. The van der Waals surface area contributed by atoms with E-state index < -0.39 is 16.6 Å². The van der Waals surface area contributed by atoms with Crippen LogP contribution in [0, 0.1) is 17.0 Å². The number of nitrogens with one attached hydrogen (secondary N) is 1. The minimum Gasteiger partial charge on any atom is -0.382 e. The van der Waals surface area contributed by atoms with Crippen LogP contribution < -0.4 is 11.4 Å². The number of nitrogens with two attached hydrogens (primary N) is 1. The first kappa shape index (κ1) is 17.2. The second-order valence-electron chi connectivity index (χ2n) is 5.70. The third-order valence-corrected chi connectivity index (χ3v) is 3.92. The molecular formula is C17H15N5O4. The lowest BCUT2D eigenvalue weighted by molar-refractivity contribution is -0.384. The predicted octanol–water partition coefficient (Wildman–Crippen LogP) is 1.54. The largest absolute Gasteiger partial charge is 0.382 e. The third-order valence-electron chi connectivity index (χ3n) is 3.92. The molecule has 132 valence electrons. The van der Waals surface area contributed by atoms with Gasteiger partial charge in [0.05, 0.1) is 16.0 Å². The summed E-state index contributed by atoms with van der Waals surface area (Å²) < 4.78 is 0. The first-order chi connectivity index (χ1) is 12.4. The number of nitrogens with zero attached hydrogens (tertiary/aromatic N) is 3. The van der Waals surface area contributed by atoms with E-state index in [0.717, 1.165) is 5.56 Å². The maximum atomic E-state index is 12.4. The van der Waals surface area contributed by atoms with E-state index in [1.165, 1.54) is 18.2 Å². The van der Waals surface area contributed by atoms with Crippen LogP contribution in [-0.4, -0.2) is 25.7 Å². The van der Waals surface area contributed by atoms with Gasteiger partial charge in [-0.25, -0.2) is 4.98 Å². The second-order valence-corrected chi connectivity index (χ2v) is 5.70. The summed E-state index contributed by atoms with van der Waals surface area (Å²) in [6.45, 7) is 1.91. The monoisotopic (exact) mass is 353 g/mol. The number of nitro groups is 1. The summed E-state index contributed by atoms with van der Waals surface area (Å²) in [6, 6.07) is 10.9. The number of rotatable bonds is 4. The van der Waals surface area contributed by atoms with Gasteiger partial charge in [0, 0.05) is 12.1 Å². The smallest absolute Gasteiger partial charge is 0.276 e. The number of non-ortho nitro benzene ring substituents is 1. The standard InChI is InChI=1S/C17H15N5O4/c1-9-2-4-10(5-3-9)16(23)14(21-18)15-17(24)20-13-8-11(22(25)26)6-7-12(13)19-15/h2-8,16,23H,18H2,1H3,(H,20,24)/b21-14+. The summed E-state index contributed by atoms with van der Waals surface area (Å²) in [5.41, 5.74) is 0.942. The summed E-state index contributed by atoms with van der Waals surface area (Å²) in [6.07, 6.45) is -1.25. The lowest BCUT2D eigenvalue weighted by Crippen LogP contribution is -2.26. The molecule has 4 N–H and O–H groups in total. The Hall–Kier alpha value is -3.59. The molecule has 9 heteroatoms. The lowest BCUT2D eigenvalue weighted by Gasteiger charge is -2.13. The van der Waals surface area contributed by atoms with Crippen molar-refractivity contribution in [2.24, 2.45) is 10.9 Å². The van der Waals surface area contributed by atoms with Gasteiger partial charge in [0.1, 0.15) is 11.8 Å². The predicted molar refractivity (Wildman–Crippen MR) is 95.9 cm³/mol. The summed E-state index contributed by atoms with van der Waals surface area (Å²) in [5, 5.41) is 24.9.